The van der Waals surface area contributed by atoms with Crippen LogP contribution < -0.4 is 5.32 Å². The quantitative estimate of drug-likeness (QED) is 0.920. The van der Waals surface area contributed by atoms with Gasteiger partial charge in [-0.05, 0) is 56.2 Å². The lowest BCUT2D eigenvalue weighted by atomic mass is 10.1. The Hall–Kier alpha value is -0.450. The van der Waals surface area contributed by atoms with Gasteiger partial charge in [0.1, 0.15) is 5.82 Å². The van der Waals surface area contributed by atoms with Gasteiger partial charge in [0, 0.05) is 17.6 Å². The molecule has 0 radical (unpaired) electrons. The van der Waals surface area contributed by atoms with Gasteiger partial charge >= 0.3 is 0 Å². The number of hydrogen-bond acceptors (Lipinski definition) is 2. The fourth-order valence-electron chi connectivity index (χ4n) is 2.42. The lowest BCUT2D eigenvalue weighted by molar-refractivity contribution is 0.314. The van der Waals surface area contributed by atoms with E-state index >= 15 is 0 Å². The van der Waals surface area contributed by atoms with Crippen molar-refractivity contribution in [2.75, 3.05) is 26.7 Å². The molecule has 2 rings (SSSR count). The van der Waals surface area contributed by atoms with Gasteiger partial charge in [0.15, 0.2) is 0 Å². The molecule has 1 aliphatic rings. The maximum atomic E-state index is 13.2. The van der Waals surface area contributed by atoms with E-state index < -0.39 is 0 Å². The largest absolute Gasteiger partial charge is 0.319 e. The van der Waals surface area contributed by atoms with Crippen molar-refractivity contribution < 1.29 is 4.39 Å². The van der Waals surface area contributed by atoms with Crippen molar-refractivity contribution in [2.24, 2.45) is 5.92 Å². The Morgan fingerprint density at radius 1 is 1.53 bits per heavy atom. The summed E-state index contributed by atoms with van der Waals surface area (Å²) < 4.78 is 14.2. The van der Waals surface area contributed by atoms with Crippen molar-refractivity contribution in [2.45, 2.75) is 13.0 Å². The third kappa shape index (κ3) is 3.50. The molecule has 0 saturated carbocycles. The molecule has 1 heterocycles. The summed E-state index contributed by atoms with van der Waals surface area (Å²) in [6.45, 7) is 4.11. The van der Waals surface area contributed by atoms with Gasteiger partial charge in [-0.2, -0.15) is 0 Å². The Morgan fingerprint density at radius 2 is 2.35 bits per heavy atom. The Labute approximate surface area is 110 Å². The van der Waals surface area contributed by atoms with Gasteiger partial charge in [-0.1, -0.05) is 15.9 Å². The molecule has 0 aromatic heterocycles. The highest BCUT2D eigenvalue weighted by atomic mass is 79.9. The fraction of sp³-hybridized carbons (Fsp3) is 0.538. The third-order valence-corrected chi connectivity index (χ3v) is 4.04. The molecule has 1 saturated heterocycles. The van der Waals surface area contributed by atoms with Gasteiger partial charge in [-0.25, -0.2) is 4.39 Å². The van der Waals surface area contributed by atoms with Crippen molar-refractivity contribution >= 4 is 15.9 Å². The Bertz CT molecular complexity index is 384. The van der Waals surface area contributed by atoms with Crippen molar-refractivity contribution in [1.82, 2.24) is 10.2 Å². The molecule has 1 atom stereocenters. The van der Waals surface area contributed by atoms with E-state index in [1.54, 1.807) is 12.1 Å². The van der Waals surface area contributed by atoms with Crippen LogP contribution in [0.4, 0.5) is 4.39 Å². The molecule has 0 aliphatic carbocycles. The number of rotatable bonds is 4. The minimum Gasteiger partial charge on any atom is -0.319 e. The summed E-state index contributed by atoms with van der Waals surface area (Å²) in [6, 6.07) is 4.89. The number of likely N-dealkylation sites (tertiary alicyclic amines) is 1. The SMILES string of the molecule is CNCC1CCN(Cc2cc(F)ccc2Br)C1. The Balaban J connectivity index is 1.95. The number of benzene rings is 1. The topological polar surface area (TPSA) is 15.3 Å². The summed E-state index contributed by atoms with van der Waals surface area (Å²) in [5, 5.41) is 3.22. The number of nitrogens with zero attached hydrogens (tertiary/aromatic N) is 1. The number of halogens is 2. The maximum absolute atomic E-state index is 13.2. The fourth-order valence-corrected chi connectivity index (χ4v) is 2.79. The molecule has 1 aliphatic heterocycles. The summed E-state index contributed by atoms with van der Waals surface area (Å²) in [7, 11) is 1.99. The van der Waals surface area contributed by atoms with Crippen LogP contribution in [0.1, 0.15) is 12.0 Å². The Morgan fingerprint density at radius 3 is 3.12 bits per heavy atom. The van der Waals surface area contributed by atoms with Gasteiger partial charge < -0.3 is 5.32 Å². The highest BCUT2D eigenvalue weighted by Gasteiger charge is 2.22. The standard InChI is InChI=1S/C13H18BrFN2/c1-16-7-10-4-5-17(8-10)9-11-6-12(15)2-3-13(11)14/h2-3,6,10,16H,4-5,7-9H2,1H3. The molecular formula is C13H18BrFN2. The lowest BCUT2D eigenvalue weighted by Crippen LogP contribution is -2.24. The number of nitrogens with one attached hydrogen (secondary N) is 1. The van der Waals surface area contributed by atoms with Crippen LogP contribution in [0.2, 0.25) is 0 Å². The average molecular weight is 301 g/mol. The zero-order valence-electron chi connectivity index (χ0n) is 10.0. The second-order valence-corrected chi connectivity index (χ2v) is 5.54. The Kier molecular flexibility index (Phi) is 4.54. The van der Waals surface area contributed by atoms with Gasteiger partial charge in [0.2, 0.25) is 0 Å². The van der Waals surface area contributed by atoms with Gasteiger partial charge in [0.25, 0.3) is 0 Å². The molecule has 94 valence electrons. The van der Waals surface area contributed by atoms with E-state index in [2.05, 4.69) is 26.1 Å². The van der Waals surface area contributed by atoms with E-state index in [1.165, 1.54) is 12.5 Å². The summed E-state index contributed by atoms with van der Waals surface area (Å²) in [6.07, 6.45) is 1.23. The van der Waals surface area contributed by atoms with Crippen LogP contribution in [-0.4, -0.2) is 31.6 Å². The van der Waals surface area contributed by atoms with Crippen LogP contribution in [0.15, 0.2) is 22.7 Å². The van der Waals surface area contributed by atoms with Crippen molar-refractivity contribution in [3.8, 4) is 0 Å². The monoisotopic (exact) mass is 300 g/mol. The second kappa shape index (κ2) is 5.94. The van der Waals surface area contributed by atoms with Gasteiger partial charge in [0.05, 0.1) is 0 Å². The zero-order chi connectivity index (χ0) is 12.3. The van der Waals surface area contributed by atoms with Crippen LogP contribution in [0, 0.1) is 11.7 Å². The predicted molar refractivity (Wildman–Crippen MR) is 71.4 cm³/mol. The zero-order valence-corrected chi connectivity index (χ0v) is 11.6. The van der Waals surface area contributed by atoms with Crippen LogP contribution in [-0.2, 0) is 6.54 Å². The third-order valence-electron chi connectivity index (χ3n) is 3.26. The van der Waals surface area contributed by atoms with E-state index in [-0.39, 0.29) is 5.82 Å². The minimum atomic E-state index is -0.158. The molecule has 0 spiro atoms. The summed E-state index contributed by atoms with van der Waals surface area (Å²) in [4.78, 5) is 2.39. The first-order valence-electron chi connectivity index (χ1n) is 6.00. The van der Waals surface area contributed by atoms with Crippen LogP contribution in [0.25, 0.3) is 0 Å². The van der Waals surface area contributed by atoms with Crippen LogP contribution in [0.3, 0.4) is 0 Å². The number of hydrogen-bond donors (Lipinski definition) is 1. The lowest BCUT2D eigenvalue weighted by Gasteiger charge is -2.17. The molecule has 4 heteroatoms. The van der Waals surface area contributed by atoms with Crippen molar-refractivity contribution in [3.63, 3.8) is 0 Å². The minimum absolute atomic E-state index is 0.158. The molecule has 1 N–H and O–H groups in total. The van der Waals surface area contributed by atoms with Gasteiger partial charge in [-0.15, -0.1) is 0 Å². The maximum Gasteiger partial charge on any atom is 0.123 e. The first kappa shape index (κ1) is 13.0. The summed E-state index contributed by atoms with van der Waals surface area (Å²) in [5.74, 6) is 0.571. The van der Waals surface area contributed by atoms with Crippen molar-refractivity contribution in [1.29, 1.82) is 0 Å². The van der Waals surface area contributed by atoms with Crippen LogP contribution >= 0.6 is 15.9 Å². The molecule has 1 aromatic carbocycles. The van der Waals surface area contributed by atoms with E-state index in [9.17, 15) is 4.39 Å². The first-order chi connectivity index (χ1) is 8.19. The molecule has 17 heavy (non-hydrogen) atoms. The van der Waals surface area contributed by atoms with Crippen LogP contribution in [0.5, 0.6) is 0 Å². The molecule has 0 amide bonds. The van der Waals surface area contributed by atoms with E-state index in [0.29, 0.717) is 0 Å². The highest BCUT2D eigenvalue weighted by molar-refractivity contribution is 9.10. The first-order valence-corrected chi connectivity index (χ1v) is 6.79. The highest BCUT2D eigenvalue weighted by Crippen LogP contribution is 2.23. The average Bonchev–Trinajstić information content (AvgIpc) is 2.72. The molecule has 1 unspecified atom stereocenters. The van der Waals surface area contributed by atoms with Crippen molar-refractivity contribution in [3.05, 3.63) is 34.1 Å². The van der Waals surface area contributed by atoms with Gasteiger partial charge in [-0.3, -0.25) is 4.90 Å². The smallest absolute Gasteiger partial charge is 0.123 e. The summed E-state index contributed by atoms with van der Waals surface area (Å²) in [5.41, 5.74) is 1.04. The molecule has 1 aromatic rings. The predicted octanol–water partition coefficient (Wildman–Crippen LogP) is 2.63. The van der Waals surface area contributed by atoms with E-state index in [1.807, 2.05) is 7.05 Å². The molecule has 2 nitrogen and oxygen atoms in total. The van der Waals surface area contributed by atoms with E-state index in [0.717, 1.165) is 42.1 Å². The molecule has 0 bridgehead atoms. The summed E-state index contributed by atoms with van der Waals surface area (Å²) >= 11 is 3.48. The second-order valence-electron chi connectivity index (χ2n) is 4.68. The molecule has 1 fully saturated rings. The molecular weight excluding hydrogens is 283 g/mol. The van der Waals surface area contributed by atoms with E-state index in [4.69, 9.17) is 0 Å². The normalized spacial score (nSPS) is 21.0.